The van der Waals surface area contributed by atoms with Crippen LogP contribution in [0.4, 0.5) is 0 Å². The number of rotatable bonds is 15. The van der Waals surface area contributed by atoms with Gasteiger partial charge in [0.05, 0.1) is 0 Å². The lowest BCUT2D eigenvalue weighted by Crippen LogP contribution is -2.30. The Hall–Kier alpha value is 0.0249. The molecule has 0 rings (SSSR count). The van der Waals surface area contributed by atoms with Crippen molar-refractivity contribution in [1.82, 2.24) is 0 Å². The Kier molecular flexibility index (Phi) is 14.6. The Morgan fingerprint density at radius 2 is 0.955 bits per heavy atom. The van der Waals surface area contributed by atoms with Crippen molar-refractivity contribution in [3.63, 3.8) is 0 Å². The van der Waals surface area contributed by atoms with E-state index >= 15 is 0 Å². The fourth-order valence-corrected chi connectivity index (χ4v) is 3.07. The van der Waals surface area contributed by atoms with Gasteiger partial charge < -0.3 is 4.65 Å². The van der Waals surface area contributed by atoms with E-state index in [9.17, 15) is 0 Å². The first kappa shape index (κ1) is 22.0. The summed E-state index contributed by atoms with van der Waals surface area (Å²) in [6.45, 7) is 11.6. The summed E-state index contributed by atoms with van der Waals surface area (Å²) >= 11 is 0. The Balaban J connectivity index is 3.80. The minimum absolute atomic E-state index is 0.00902. The molecule has 0 heterocycles. The van der Waals surface area contributed by atoms with E-state index in [-0.39, 0.29) is 5.60 Å². The lowest BCUT2D eigenvalue weighted by Gasteiger charge is -2.26. The van der Waals surface area contributed by atoms with Gasteiger partial charge in [0.1, 0.15) is 0 Å². The molecule has 1 nitrogen and oxygen atoms in total. The largest absolute Gasteiger partial charge is 0.432 e. The smallest absolute Gasteiger partial charge is 0.293 e. The van der Waals surface area contributed by atoms with E-state index in [0.29, 0.717) is 6.92 Å². The van der Waals surface area contributed by atoms with Crippen LogP contribution in [0.25, 0.3) is 0 Å². The molecule has 0 fully saturated rings. The van der Waals surface area contributed by atoms with Gasteiger partial charge in [-0.15, -0.1) is 0 Å². The summed E-state index contributed by atoms with van der Waals surface area (Å²) in [6.07, 6.45) is 19.1. The SMILES string of the molecule is CCCCCCCCB(CCCCCCCC)OC(C)(C)C. The van der Waals surface area contributed by atoms with Gasteiger partial charge in [-0.2, -0.15) is 0 Å². The van der Waals surface area contributed by atoms with Crippen LogP contribution in [-0.4, -0.2) is 12.5 Å². The molecule has 0 amide bonds. The number of unbranched alkanes of at least 4 members (excludes halogenated alkanes) is 10. The molecular weight excluding hydrogens is 267 g/mol. The van der Waals surface area contributed by atoms with Gasteiger partial charge in [-0.1, -0.05) is 90.9 Å². The van der Waals surface area contributed by atoms with E-state index in [1.165, 1.54) is 89.7 Å². The van der Waals surface area contributed by atoms with Gasteiger partial charge in [0.2, 0.25) is 0 Å². The van der Waals surface area contributed by atoms with Crippen molar-refractivity contribution in [1.29, 1.82) is 0 Å². The summed E-state index contributed by atoms with van der Waals surface area (Å²) in [4.78, 5) is 0. The molecule has 132 valence electrons. The van der Waals surface area contributed by atoms with Crippen molar-refractivity contribution < 1.29 is 4.65 Å². The Labute approximate surface area is 142 Å². The number of hydrogen-bond acceptors (Lipinski definition) is 1. The highest BCUT2D eigenvalue weighted by molar-refractivity contribution is 6.51. The first-order valence-electron chi connectivity index (χ1n) is 10.2. The fraction of sp³-hybridized carbons (Fsp3) is 1.00. The van der Waals surface area contributed by atoms with Crippen LogP contribution < -0.4 is 0 Å². The zero-order chi connectivity index (χ0) is 16.7. The average molecular weight is 310 g/mol. The van der Waals surface area contributed by atoms with Crippen LogP contribution in [0.3, 0.4) is 0 Å². The monoisotopic (exact) mass is 310 g/mol. The van der Waals surface area contributed by atoms with Crippen LogP contribution in [-0.2, 0) is 4.65 Å². The van der Waals surface area contributed by atoms with Gasteiger partial charge in [-0.3, -0.25) is 0 Å². The fourth-order valence-electron chi connectivity index (χ4n) is 3.07. The molecule has 2 heteroatoms. The third-order valence-corrected chi connectivity index (χ3v) is 4.28. The molecule has 0 aromatic carbocycles. The maximum absolute atomic E-state index is 6.29. The predicted molar refractivity (Wildman–Crippen MR) is 103 cm³/mol. The molecule has 22 heavy (non-hydrogen) atoms. The highest BCUT2D eigenvalue weighted by Crippen LogP contribution is 2.20. The first-order chi connectivity index (χ1) is 10.5. The lowest BCUT2D eigenvalue weighted by molar-refractivity contribution is 0.127. The standard InChI is InChI=1S/C20H43BO/c1-6-8-10-12-14-16-18-21(22-20(3,4)5)19-17-15-13-11-9-7-2/h6-19H2,1-5H3. The average Bonchev–Trinajstić information content (AvgIpc) is 2.44. The summed E-state index contributed by atoms with van der Waals surface area (Å²) < 4.78 is 6.29. The Morgan fingerprint density at radius 1 is 0.591 bits per heavy atom. The molecule has 0 saturated carbocycles. The van der Waals surface area contributed by atoms with Crippen molar-refractivity contribution in [3.8, 4) is 0 Å². The van der Waals surface area contributed by atoms with E-state index in [2.05, 4.69) is 34.6 Å². The van der Waals surface area contributed by atoms with Gasteiger partial charge in [-0.05, 0) is 33.4 Å². The van der Waals surface area contributed by atoms with E-state index in [1.807, 2.05) is 0 Å². The zero-order valence-corrected chi connectivity index (χ0v) is 16.4. The lowest BCUT2D eigenvalue weighted by atomic mass is 9.58. The van der Waals surface area contributed by atoms with Crippen LogP contribution in [0.2, 0.25) is 12.6 Å². The van der Waals surface area contributed by atoms with E-state index < -0.39 is 0 Å². The third kappa shape index (κ3) is 16.4. The summed E-state index contributed by atoms with van der Waals surface area (Å²) in [5, 5.41) is 0. The van der Waals surface area contributed by atoms with Gasteiger partial charge in [-0.25, -0.2) is 0 Å². The maximum atomic E-state index is 6.29. The highest BCUT2D eigenvalue weighted by atomic mass is 16.5. The van der Waals surface area contributed by atoms with Gasteiger partial charge in [0.15, 0.2) is 0 Å². The van der Waals surface area contributed by atoms with Gasteiger partial charge in [0, 0.05) is 5.60 Å². The van der Waals surface area contributed by atoms with Crippen LogP contribution in [0, 0.1) is 0 Å². The van der Waals surface area contributed by atoms with Crippen LogP contribution in [0.15, 0.2) is 0 Å². The quantitative estimate of drug-likeness (QED) is 0.224. The topological polar surface area (TPSA) is 9.23 Å². The van der Waals surface area contributed by atoms with E-state index in [0.717, 1.165) is 0 Å². The van der Waals surface area contributed by atoms with Crippen molar-refractivity contribution in [2.75, 3.05) is 0 Å². The normalized spacial score (nSPS) is 11.9. The van der Waals surface area contributed by atoms with Crippen molar-refractivity contribution in [2.24, 2.45) is 0 Å². The minimum atomic E-state index is 0.00902. The molecular formula is C20H43BO. The summed E-state index contributed by atoms with van der Waals surface area (Å²) in [5.74, 6) is 0. The second kappa shape index (κ2) is 14.6. The van der Waals surface area contributed by atoms with Crippen molar-refractivity contribution in [2.45, 2.75) is 130 Å². The zero-order valence-electron chi connectivity index (χ0n) is 16.4. The van der Waals surface area contributed by atoms with Crippen LogP contribution in [0.5, 0.6) is 0 Å². The Morgan fingerprint density at radius 3 is 1.32 bits per heavy atom. The molecule has 0 aliphatic heterocycles. The number of hydrogen-bond donors (Lipinski definition) is 0. The predicted octanol–water partition coefficient (Wildman–Crippen LogP) is 7.51. The summed E-state index contributed by atoms with van der Waals surface area (Å²) in [5.41, 5.74) is 0.00902. The molecule has 0 aliphatic carbocycles. The molecule has 0 saturated heterocycles. The second-order valence-corrected chi connectivity index (χ2v) is 7.97. The first-order valence-corrected chi connectivity index (χ1v) is 10.2. The second-order valence-electron chi connectivity index (χ2n) is 7.97. The van der Waals surface area contributed by atoms with Crippen LogP contribution >= 0.6 is 0 Å². The van der Waals surface area contributed by atoms with E-state index in [1.54, 1.807) is 0 Å². The molecule has 0 N–H and O–H groups in total. The molecule has 0 aromatic rings. The van der Waals surface area contributed by atoms with Crippen LogP contribution in [0.1, 0.15) is 112 Å². The molecule has 0 radical (unpaired) electrons. The molecule has 0 unspecified atom stereocenters. The maximum Gasteiger partial charge on any atom is 0.293 e. The van der Waals surface area contributed by atoms with Crippen molar-refractivity contribution in [3.05, 3.63) is 0 Å². The minimum Gasteiger partial charge on any atom is -0.432 e. The van der Waals surface area contributed by atoms with E-state index in [4.69, 9.17) is 4.65 Å². The Bertz CT molecular complexity index is 206. The van der Waals surface area contributed by atoms with Gasteiger partial charge in [0.25, 0.3) is 6.92 Å². The summed E-state index contributed by atoms with van der Waals surface area (Å²) in [7, 11) is 0. The molecule has 0 spiro atoms. The summed E-state index contributed by atoms with van der Waals surface area (Å²) in [6, 6.07) is 0. The molecule has 0 bridgehead atoms. The molecule has 0 aliphatic rings. The molecule has 0 aromatic heterocycles. The molecule has 0 atom stereocenters. The van der Waals surface area contributed by atoms with Gasteiger partial charge >= 0.3 is 0 Å². The van der Waals surface area contributed by atoms with Crippen molar-refractivity contribution >= 4 is 6.92 Å². The highest BCUT2D eigenvalue weighted by Gasteiger charge is 2.21. The third-order valence-electron chi connectivity index (χ3n) is 4.28.